The average Bonchev–Trinajstić information content (AvgIpc) is 1.84. The van der Waals surface area contributed by atoms with Gasteiger partial charge in [0.2, 0.25) is 6.29 Å². The molecular formula is C7H12O4. The summed E-state index contributed by atoms with van der Waals surface area (Å²) in [6, 6.07) is 0. The molecule has 0 aliphatic carbocycles. The quantitative estimate of drug-likeness (QED) is 0.444. The van der Waals surface area contributed by atoms with E-state index in [0.29, 0.717) is 0 Å². The fourth-order valence-corrected chi connectivity index (χ4v) is 0.593. The van der Waals surface area contributed by atoms with Crippen LogP contribution in [0.25, 0.3) is 0 Å². The zero-order valence-electron chi connectivity index (χ0n) is 6.92. The van der Waals surface area contributed by atoms with Gasteiger partial charge in [-0.25, -0.2) is 0 Å². The summed E-state index contributed by atoms with van der Waals surface area (Å²) >= 11 is 0. The van der Waals surface area contributed by atoms with Crippen molar-refractivity contribution in [3.8, 4) is 0 Å². The summed E-state index contributed by atoms with van der Waals surface area (Å²) in [5, 5.41) is 0. The molecule has 1 atom stereocenters. The van der Waals surface area contributed by atoms with Crippen LogP contribution < -0.4 is 0 Å². The van der Waals surface area contributed by atoms with E-state index in [9.17, 15) is 9.59 Å². The summed E-state index contributed by atoms with van der Waals surface area (Å²) in [5.41, 5.74) is 0. The van der Waals surface area contributed by atoms with Crippen LogP contribution in [0.1, 0.15) is 20.3 Å². The first-order valence-electron chi connectivity index (χ1n) is 3.25. The van der Waals surface area contributed by atoms with E-state index in [0.717, 1.165) is 0 Å². The zero-order valence-corrected chi connectivity index (χ0v) is 6.92. The maximum atomic E-state index is 10.5. The summed E-state index contributed by atoms with van der Waals surface area (Å²) < 4.78 is 9.34. The van der Waals surface area contributed by atoms with Gasteiger partial charge in [-0.05, 0) is 6.92 Å². The highest BCUT2D eigenvalue weighted by Gasteiger charge is 2.12. The van der Waals surface area contributed by atoms with Crippen molar-refractivity contribution >= 4 is 11.8 Å². The average molecular weight is 160 g/mol. The maximum absolute atomic E-state index is 10.5. The number of esters is 1. The summed E-state index contributed by atoms with van der Waals surface area (Å²) in [6.45, 7) is 2.68. The highest BCUT2D eigenvalue weighted by molar-refractivity contribution is 5.76. The van der Waals surface area contributed by atoms with Gasteiger partial charge in [0.15, 0.2) is 0 Å². The minimum Gasteiger partial charge on any atom is -0.435 e. The van der Waals surface area contributed by atoms with Crippen molar-refractivity contribution in [3.05, 3.63) is 0 Å². The molecule has 0 aliphatic rings. The van der Waals surface area contributed by atoms with Gasteiger partial charge >= 0.3 is 5.97 Å². The smallest absolute Gasteiger partial charge is 0.304 e. The van der Waals surface area contributed by atoms with Crippen molar-refractivity contribution in [1.29, 1.82) is 0 Å². The molecule has 0 N–H and O–H groups in total. The summed E-state index contributed by atoms with van der Waals surface area (Å²) in [6.07, 6.45) is -0.624. The highest BCUT2D eigenvalue weighted by atomic mass is 16.7. The number of methoxy groups -OCH3 is 1. The minimum atomic E-state index is -0.731. The number of ketones is 1. The van der Waals surface area contributed by atoms with Gasteiger partial charge in [-0.15, -0.1) is 0 Å². The molecular weight excluding hydrogens is 148 g/mol. The first kappa shape index (κ1) is 10.1. The van der Waals surface area contributed by atoms with Gasteiger partial charge in [-0.2, -0.15) is 0 Å². The Morgan fingerprint density at radius 2 is 1.91 bits per heavy atom. The lowest BCUT2D eigenvalue weighted by atomic mass is 10.3. The van der Waals surface area contributed by atoms with Gasteiger partial charge in [0.05, 0.1) is 6.42 Å². The highest BCUT2D eigenvalue weighted by Crippen LogP contribution is 2.00. The maximum Gasteiger partial charge on any atom is 0.304 e. The fourth-order valence-electron chi connectivity index (χ4n) is 0.593. The van der Waals surface area contributed by atoms with E-state index < -0.39 is 12.3 Å². The van der Waals surface area contributed by atoms with Crippen LogP contribution in [0.3, 0.4) is 0 Å². The van der Waals surface area contributed by atoms with E-state index in [1.165, 1.54) is 21.0 Å². The molecule has 0 spiro atoms. The van der Waals surface area contributed by atoms with Crippen molar-refractivity contribution in [3.63, 3.8) is 0 Å². The minimum absolute atomic E-state index is 0.0712. The fraction of sp³-hybridized carbons (Fsp3) is 0.714. The van der Waals surface area contributed by atoms with Crippen molar-refractivity contribution in [1.82, 2.24) is 0 Å². The SMILES string of the molecule is COC(CC(C)=O)OC(C)=O. The number of hydrogen-bond acceptors (Lipinski definition) is 4. The number of hydrogen-bond donors (Lipinski definition) is 0. The molecule has 0 radical (unpaired) electrons. The molecule has 0 aromatic heterocycles. The molecule has 0 aromatic carbocycles. The number of ether oxygens (including phenoxy) is 2. The monoisotopic (exact) mass is 160 g/mol. The van der Waals surface area contributed by atoms with Gasteiger partial charge in [0.1, 0.15) is 5.78 Å². The molecule has 0 rings (SSSR count). The van der Waals surface area contributed by atoms with Crippen LogP contribution in [0.5, 0.6) is 0 Å². The lowest BCUT2D eigenvalue weighted by molar-refractivity contribution is -0.172. The normalized spacial score (nSPS) is 12.3. The Labute approximate surface area is 65.5 Å². The third-order valence-corrected chi connectivity index (χ3v) is 1.01. The second-order valence-electron chi connectivity index (χ2n) is 2.18. The van der Waals surface area contributed by atoms with Crippen molar-refractivity contribution in [2.75, 3.05) is 7.11 Å². The van der Waals surface area contributed by atoms with E-state index in [4.69, 9.17) is 4.74 Å². The summed E-state index contributed by atoms with van der Waals surface area (Å²) in [4.78, 5) is 20.9. The van der Waals surface area contributed by atoms with Crippen LogP contribution in [0, 0.1) is 0 Å². The van der Waals surface area contributed by atoms with E-state index in [2.05, 4.69) is 4.74 Å². The molecule has 4 nitrogen and oxygen atoms in total. The Kier molecular flexibility index (Phi) is 4.45. The molecule has 11 heavy (non-hydrogen) atoms. The molecule has 1 unspecified atom stereocenters. The standard InChI is InChI=1S/C7H12O4/c1-5(8)4-7(10-3)11-6(2)9/h7H,4H2,1-3H3. The predicted octanol–water partition coefficient (Wildman–Crippen LogP) is 0.501. The van der Waals surface area contributed by atoms with Crippen molar-refractivity contribution in [2.45, 2.75) is 26.6 Å². The topological polar surface area (TPSA) is 52.6 Å². The lowest BCUT2D eigenvalue weighted by Crippen LogP contribution is -2.20. The van der Waals surface area contributed by atoms with Crippen molar-refractivity contribution < 1.29 is 19.1 Å². The van der Waals surface area contributed by atoms with Gasteiger partial charge in [-0.3, -0.25) is 9.59 Å². The van der Waals surface area contributed by atoms with Gasteiger partial charge in [0, 0.05) is 14.0 Å². The molecule has 0 aromatic rings. The van der Waals surface area contributed by atoms with Gasteiger partial charge in [0.25, 0.3) is 0 Å². The first-order valence-corrected chi connectivity index (χ1v) is 3.25. The Bertz CT molecular complexity index is 137. The third-order valence-electron chi connectivity index (χ3n) is 1.01. The number of carbonyl (C=O) groups is 2. The van der Waals surface area contributed by atoms with Gasteiger partial charge < -0.3 is 9.47 Å². The zero-order chi connectivity index (χ0) is 8.85. The Morgan fingerprint density at radius 1 is 1.36 bits per heavy atom. The van der Waals surface area contributed by atoms with Crippen LogP contribution in [-0.2, 0) is 19.1 Å². The van der Waals surface area contributed by atoms with Crippen LogP contribution in [0.2, 0.25) is 0 Å². The molecule has 4 heteroatoms. The molecule has 0 heterocycles. The van der Waals surface area contributed by atoms with Crippen LogP contribution in [-0.4, -0.2) is 25.2 Å². The third kappa shape index (κ3) is 5.54. The molecule has 0 amide bonds. The second-order valence-corrected chi connectivity index (χ2v) is 2.18. The van der Waals surface area contributed by atoms with E-state index >= 15 is 0 Å². The second kappa shape index (κ2) is 4.85. The Hall–Kier alpha value is -0.900. The molecule has 0 aliphatic heterocycles. The molecule has 0 fully saturated rings. The molecule has 0 saturated carbocycles. The Morgan fingerprint density at radius 3 is 2.18 bits per heavy atom. The number of Topliss-reactive ketones (excluding diaryl/α,β-unsaturated/α-hetero) is 1. The van der Waals surface area contributed by atoms with Crippen LogP contribution in [0.15, 0.2) is 0 Å². The number of rotatable bonds is 4. The molecule has 64 valence electrons. The number of carbonyl (C=O) groups excluding carboxylic acids is 2. The predicted molar refractivity (Wildman–Crippen MR) is 37.9 cm³/mol. The largest absolute Gasteiger partial charge is 0.435 e. The van der Waals surface area contributed by atoms with E-state index in [1.54, 1.807) is 0 Å². The van der Waals surface area contributed by atoms with Crippen LogP contribution in [0.4, 0.5) is 0 Å². The first-order chi connectivity index (χ1) is 5.06. The molecule has 0 saturated heterocycles. The van der Waals surface area contributed by atoms with Gasteiger partial charge in [-0.1, -0.05) is 0 Å². The van der Waals surface area contributed by atoms with E-state index in [1.807, 2.05) is 0 Å². The summed E-state index contributed by atoms with van der Waals surface area (Å²) in [5.74, 6) is -0.517. The van der Waals surface area contributed by atoms with Crippen molar-refractivity contribution in [2.24, 2.45) is 0 Å². The van der Waals surface area contributed by atoms with Crippen LogP contribution >= 0.6 is 0 Å². The van der Waals surface area contributed by atoms with E-state index in [-0.39, 0.29) is 12.2 Å². The molecule has 0 bridgehead atoms. The summed E-state index contributed by atoms with van der Waals surface area (Å²) in [7, 11) is 1.39. The lowest BCUT2D eigenvalue weighted by Gasteiger charge is -2.12. The Balaban J connectivity index is 3.76.